The topological polar surface area (TPSA) is 67.6 Å². The van der Waals surface area contributed by atoms with Crippen LogP contribution in [-0.2, 0) is 13.0 Å². The van der Waals surface area contributed by atoms with Gasteiger partial charge in [0, 0.05) is 18.9 Å². The summed E-state index contributed by atoms with van der Waals surface area (Å²) in [6, 6.07) is 8.25. The smallest absolute Gasteiger partial charge is 0.153 e. The molecule has 1 saturated carbocycles. The second-order valence-corrected chi connectivity index (χ2v) is 5.27. The number of H-pyrrole nitrogens is 1. The summed E-state index contributed by atoms with van der Waals surface area (Å²) in [5.41, 5.74) is 8.18. The van der Waals surface area contributed by atoms with Gasteiger partial charge in [-0.15, -0.1) is 0 Å². The highest BCUT2D eigenvalue weighted by molar-refractivity contribution is 5.29. The molecule has 19 heavy (non-hydrogen) atoms. The van der Waals surface area contributed by atoms with Gasteiger partial charge in [-0.2, -0.15) is 5.10 Å². The normalized spacial score (nSPS) is 16.1. The monoisotopic (exact) mass is 256 g/mol. The lowest BCUT2D eigenvalue weighted by atomic mass is 10.0. The molecule has 2 aromatic rings. The van der Waals surface area contributed by atoms with Gasteiger partial charge in [0.25, 0.3) is 0 Å². The van der Waals surface area contributed by atoms with Crippen LogP contribution < -0.4 is 5.73 Å². The average Bonchev–Trinajstić information content (AvgIpc) is 3.09. The van der Waals surface area contributed by atoms with E-state index < -0.39 is 0 Å². The number of nitrogens with zero attached hydrogens (tertiary/aromatic N) is 2. The zero-order valence-electron chi connectivity index (χ0n) is 11.1. The van der Waals surface area contributed by atoms with Gasteiger partial charge in [-0.3, -0.25) is 5.10 Å². The van der Waals surface area contributed by atoms with Crippen LogP contribution >= 0.6 is 0 Å². The minimum absolute atomic E-state index is 0.565. The molecule has 1 aromatic carbocycles. The van der Waals surface area contributed by atoms with Gasteiger partial charge in [0.2, 0.25) is 0 Å². The Labute approximate surface area is 113 Å². The molecule has 0 aliphatic heterocycles. The van der Waals surface area contributed by atoms with E-state index in [1.165, 1.54) is 36.8 Å². The highest BCUT2D eigenvalue weighted by atomic mass is 15.2. The van der Waals surface area contributed by atoms with Crippen molar-refractivity contribution in [1.82, 2.24) is 15.2 Å². The Kier molecular flexibility index (Phi) is 3.60. The average molecular weight is 256 g/mol. The van der Waals surface area contributed by atoms with Crippen molar-refractivity contribution in [3.8, 4) is 0 Å². The van der Waals surface area contributed by atoms with E-state index >= 15 is 0 Å². The van der Waals surface area contributed by atoms with Gasteiger partial charge in [0.05, 0.1) is 0 Å². The van der Waals surface area contributed by atoms with E-state index in [9.17, 15) is 0 Å². The van der Waals surface area contributed by atoms with E-state index in [-0.39, 0.29) is 0 Å². The summed E-state index contributed by atoms with van der Waals surface area (Å²) in [7, 11) is 0. The Morgan fingerprint density at radius 1 is 1.16 bits per heavy atom. The first-order chi connectivity index (χ1) is 9.36. The van der Waals surface area contributed by atoms with Crippen molar-refractivity contribution in [2.24, 2.45) is 5.73 Å². The highest BCUT2D eigenvalue weighted by Gasteiger charge is 2.21. The number of hydrogen-bond donors (Lipinski definition) is 2. The zero-order valence-corrected chi connectivity index (χ0v) is 11.1. The van der Waals surface area contributed by atoms with Crippen LogP contribution in [0.3, 0.4) is 0 Å². The first kappa shape index (κ1) is 12.4. The SMILES string of the molecule is NCc1ccccc1Cc1nc(C2CCCC2)n[nH]1. The molecule has 4 heteroatoms. The molecule has 1 fully saturated rings. The Morgan fingerprint density at radius 2 is 1.89 bits per heavy atom. The van der Waals surface area contributed by atoms with Crippen LogP contribution in [0.25, 0.3) is 0 Å². The third-order valence-corrected chi connectivity index (χ3v) is 3.97. The lowest BCUT2D eigenvalue weighted by Gasteiger charge is -2.05. The van der Waals surface area contributed by atoms with Crippen molar-refractivity contribution >= 4 is 0 Å². The fourth-order valence-electron chi connectivity index (χ4n) is 2.87. The van der Waals surface area contributed by atoms with E-state index in [0.717, 1.165) is 18.1 Å². The predicted octanol–water partition coefficient (Wildman–Crippen LogP) is 2.51. The molecule has 3 N–H and O–H groups in total. The number of nitrogens with two attached hydrogens (primary N) is 1. The molecule has 1 heterocycles. The molecule has 3 rings (SSSR count). The van der Waals surface area contributed by atoms with Crippen molar-refractivity contribution in [2.45, 2.75) is 44.6 Å². The van der Waals surface area contributed by atoms with Gasteiger partial charge < -0.3 is 5.73 Å². The van der Waals surface area contributed by atoms with E-state index in [2.05, 4.69) is 27.3 Å². The van der Waals surface area contributed by atoms with Crippen LogP contribution in [0, 0.1) is 0 Å². The fourth-order valence-corrected chi connectivity index (χ4v) is 2.87. The summed E-state index contributed by atoms with van der Waals surface area (Å²) in [5.74, 6) is 2.51. The van der Waals surface area contributed by atoms with Crippen molar-refractivity contribution in [3.05, 3.63) is 47.0 Å². The molecule has 100 valence electrons. The largest absolute Gasteiger partial charge is 0.326 e. The summed E-state index contributed by atoms with van der Waals surface area (Å²) < 4.78 is 0. The lowest BCUT2D eigenvalue weighted by molar-refractivity contribution is 0.671. The molecule has 0 radical (unpaired) electrons. The van der Waals surface area contributed by atoms with E-state index in [0.29, 0.717) is 12.5 Å². The first-order valence-corrected chi connectivity index (χ1v) is 7.05. The van der Waals surface area contributed by atoms with Gasteiger partial charge in [0.1, 0.15) is 5.82 Å². The van der Waals surface area contributed by atoms with Crippen molar-refractivity contribution < 1.29 is 0 Å². The molecule has 1 aromatic heterocycles. The molecular weight excluding hydrogens is 236 g/mol. The maximum absolute atomic E-state index is 5.76. The molecule has 0 unspecified atom stereocenters. The Bertz CT molecular complexity index is 541. The number of aromatic nitrogens is 3. The number of rotatable bonds is 4. The van der Waals surface area contributed by atoms with Gasteiger partial charge >= 0.3 is 0 Å². The third-order valence-electron chi connectivity index (χ3n) is 3.97. The first-order valence-electron chi connectivity index (χ1n) is 7.05. The van der Waals surface area contributed by atoms with Crippen molar-refractivity contribution in [2.75, 3.05) is 0 Å². The molecule has 1 aliphatic carbocycles. The highest BCUT2D eigenvalue weighted by Crippen LogP contribution is 2.31. The summed E-state index contributed by atoms with van der Waals surface area (Å²) in [6.45, 7) is 0.569. The standard InChI is InChI=1S/C15H20N4/c16-10-13-8-4-3-7-12(13)9-14-17-15(19-18-14)11-5-1-2-6-11/h3-4,7-8,11H,1-2,5-6,9-10,16H2,(H,17,18,19). The second-order valence-electron chi connectivity index (χ2n) is 5.27. The number of benzene rings is 1. The van der Waals surface area contributed by atoms with E-state index in [1.54, 1.807) is 0 Å². The molecule has 0 bridgehead atoms. The summed E-state index contributed by atoms with van der Waals surface area (Å²) in [6.07, 6.45) is 5.87. The van der Waals surface area contributed by atoms with Crippen LogP contribution in [0.15, 0.2) is 24.3 Å². The van der Waals surface area contributed by atoms with Crippen LogP contribution in [0.4, 0.5) is 0 Å². The molecule has 0 saturated heterocycles. The summed E-state index contributed by atoms with van der Waals surface area (Å²) in [5, 5.41) is 7.46. The molecule has 0 amide bonds. The maximum Gasteiger partial charge on any atom is 0.153 e. The summed E-state index contributed by atoms with van der Waals surface area (Å²) >= 11 is 0. The number of nitrogens with one attached hydrogen (secondary N) is 1. The van der Waals surface area contributed by atoms with Gasteiger partial charge in [-0.1, -0.05) is 37.1 Å². The minimum atomic E-state index is 0.565. The van der Waals surface area contributed by atoms with Crippen LogP contribution in [-0.4, -0.2) is 15.2 Å². The second kappa shape index (κ2) is 5.53. The molecule has 0 atom stereocenters. The quantitative estimate of drug-likeness (QED) is 0.883. The fraction of sp³-hybridized carbons (Fsp3) is 0.467. The summed E-state index contributed by atoms with van der Waals surface area (Å²) in [4.78, 5) is 4.66. The molecule has 1 aliphatic rings. The molecule has 0 spiro atoms. The lowest BCUT2D eigenvalue weighted by Crippen LogP contribution is -2.02. The number of aromatic amines is 1. The Balaban J connectivity index is 1.76. The van der Waals surface area contributed by atoms with Crippen LogP contribution in [0.1, 0.15) is 54.4 Å². The predicted molar refractivity (Wildman–Crippen MR) is 74.7 cm³/mol. The van der Waals surface area contributed by atoms with E-state index in [4.69, 9.17) is 5.73 Å². The third kappa shape index (κ3) is 2.68. The van der Waals surface area contributed by atoms with Crippen LogP contribution in [0.2, 0.25) is 0 Å². The van der Waals surface area contributed by atoms with Gasteiger partial charge in [-0.05, 0) is 24.0 Å². The zero-order chi connectivity index (χ0) is 13.1. The van der Waals surface area contributed by atoms with Gasteiger partial charge in [0.15, 0.2) is 5.82 Å². The maximum atomic E-state index is 5.76. The van der Waals surface area contributed by atoms with Crippen LogP contribution in [0.5, 0.6) is 0 Å². The van der Waals surface area contributed by atoms with E-state index in [1.807, 2.05) is 12.1 Å². The Hall–Kier alpha value is -1.68. The number of hydrogen-bond acceptors (Lipinski definition) is 3. The minimum Gasteiger partial charge on any atom is -0.326 e. The molecule has 4 nitrogen and oxygen atoms in total. The Morgan fingerprint density at radius 3 is 2.63 bits per heavy atom. The molecular formula is C15H20N4. The van der Waals surface area contributed by atoms with Gasteiger partial charge in [-0.25, -0.2) is 4.98 Å². The van der Waals surface area contributed by atoms with Crippen molar-refractivity contribution in [3.63, 3.8) is 0 Å². The van der Waals surface area contributed by atoms with Crippen molar-refractivity contribution in [1.29, 1.82) is 0 Å².